The second-order valence-electron chi connectivity index (χ2n) is 1.08. The van der Waals surface area contributed by atoms with Crippen molar-refractivity contribution in [3.8, 4) is 0 Å². The van der Waals surface area contributed by atoms with Gasteiger partial charge in [0, 0.05) is 0 Å². The van der Waals surface area contributed by atoms with E-state index in [1.807, 2.05) is 0 Å². The molecule has 50 valence electrons. The average molecular weight is 132 g/mol. The zero-order chi connectivity index (χ0) is 7.28. The lowest BCUT2D eigenvalue weighted by Crippen LogP contribution is -2.19. The molecular weight excluding hydrogens is 128 g/mol. The van der Waals surface area contributed by atoms with Crippen LogP contribution in [0.3, 0.4) is 0 Å². The fraction of sp³-hybridized carbons (Fsp3) is 0.250. The first-order chi connectivity index (χ1) is 4.22. The highest BCUT2D eigenvalue weighted by atomic mass is 16.6. The average Bonchev–Trinajstić information content (AvgIpc) is 1.87. The summed E-state index contributed by atoms with van der Waals surface area (Å²) in [7, 11) is 0. The van der Waals surface area contributed by atoms with Gasteiger partial charge in [-0.1, -0.05) is 0 Å². The van der Waals surface area contributed by atoms with E-state index in [0.717, 1.165) is 0 Å². The summed E-state index contributed by atoms with van der Waals surface area (Å²) in [6, 6.07) is 0. The van der Waals surface area contributed by atoms with Crippen molar-refractivity contribution in [2.24, 2.45) is 0 Å². The first-order valence-electron chi connectivity index (χ1n) is 2.00. The van der Waals surface area contributed by atoms with Crippen LogP contribution in [-0.4, -0.2) is 29.9 Å². The number of ketones is 1. The maximum Gasteiger partial charge on any atom is 0.384 e. The van der Waals surface area contributed by atoms with E-state index < -0.39 is 18.4 Å². The molecule has 0 radical (unpaired) electrons. The molecule has 0 saturated carbocycles. The van der Waals surface area contributed by atoms with Crippen molar-refractivity contribution < 1.29 is 24.2 Å². The van der Waals surface area contributed by atoms with Crippen LogP contribution in [-0.2, 0) is 19.1 Å². The number of esters is 1. The van der Waals surface area contributed by atoms with Crippen molar-refractivity contribution in [2.75, 3.05) is 6.61 Å². The molecule has 0 spiro atoms. The third kappa shape index (κ3) is 2.55. The van der Waals surface area contributed by atoms with Gasteiger partial charge in [0.15, 0.2) is 0 Å². The molecule has 5 heteroatoms. The molecule has 0 aliphatic rings. The highest BCUT2D eigenvalue weighted by molar-refractivity contribution is 6.35. The van der Waals surface area contributed by atoms with Crippen LogP contribution in [0, 0.1) is 0 Å². The van der Waals surface area contributed by atoms with E-state index in [0.29, 0.717) is 0 Å². The van der Waals surface area contributed by atoms with Crippen molar-refractivity contribution in [3.63, 3.8) is 0 Å². The summed E-state index contributed by atoms with van der Waals surface area (Å²) in [4.78, 5) is 29.4. The van der Waals surface area contributed by atoms with Crippen molar-refractivity contribution >= 4 is 18.2 Å². The Hall–Kier alpha value is -1.23. The van der Waals surface area contributed by atoms with Gasteiger partial charge in [-0.25, -0.2) is 4.79 Å². The zero-order valence-corrected chi connectivity index (χ0v) is 4.36. The molecule has 5 nitrogen and oxygen atoms in total. The second kappa shape index (κ2) is 3.73. The molecule has 9 heavy (non-hydrogen) atoms. The van der Waals surface area contributed by atoms with E-state index in [4.69, 9.17) is 5.11 Å². The number of hydrogen-bond donors (Lipinski definition) is 1. The van der Waals surface area contributed by atoms with Gasteiger partial charge in [0.2, 0.25) is 0 Å². The normalized spacial score (nSPS) is 8.11. The predicted molar refractivity (Wildman–Crippen MR) is 24.2 cm³/mol. The van der Waals surface area contributed by atoms with Crippen LogP contribution in [0.25, 0.3) is 0 Å². The van der Waals surface area contributed by atoms with E-state index in [9.17, 15) is 14.4 Å². The Balaban J connectivity index is 3.73. The highest BCUT2D eigenvalue weighted by Gasteiger charge is 2.12. The van der Waals surface area contributed by atoms with E-state index >= 15 is 0 Å². The van der Waals surface area contributed by atoms with Crippen LogP contribution in [0.15, 0.2) is 0 Å². The molecular formula is C4H4O5. The summed E-state index contributed by atoms with van der Waals surface area (Å²) in [5, 5.41) is 7.97. The molecule has 0 aromatic rings. The molecule has 0 heterocycles. The molecule has 0 saturated heterocycles. The van der Waals surface area contributed by atoms with Gasteiger partial charge in [-0.2, -0.15) is 0 Å². The first-order valence-corrected chi connectivity index (χ1v) is 2.00. The topological polar surface area (TPSA) is 80.7 Å². The van der Waals surface area contributed by atoms with Gasteiger partial charge in [0.1, 0.15) is 6.61 Å². The largest absolute Gasteiger partial charge is 0.390 e. The van der Waals surface area contributed by atoms with Gasteiger partial charge in [-0.15, -0.1) is 0 Å². The van der Waals surface area contributed by atoms with Gasteiger partial charge in [-0.05, 0) is 0 Å². The standard InChI is InChI=1S/C4H4O5/c5-1-3(7)4(8)9-2-6/h2,5H,1H2. The lowest BCUT2D eigenvalue weighted by Gasteiger charge is -1.88. The Labute approximate surface area is 50.2 Å². The predicted octanol–water partition coefficient (Wildman–Crippen LogP) is -1.75. The quantitative estimate of drug-likeness (QED) is 0.213. The third-order valence-corrected chi connectivity index (χ3v) is 0.526. The Morgan fingerprint density at radius 3 is 2.44 bits per heavy atom. The molecule has 0 aromatic carbocycles. The number of ether oxygens (including phenoxy) is 1. The molecule has 0 bridgehead atoms. The minimum Gasteiger partial charge on any atom is -0.390 e. The molecule has 0 rings (SSSR count). The maximum absolute atomic E-state index is 10.0. The first kappa shape index (κ1) is 7.77. The van der Waals surface area contributed by atoms with Gasteiger partial charge < -0.3 is 9.84 Å². The maximum atomic E-state index is 10.0. The summed E-state index contributed by atoms with van der Waals surface area (Å²) < 4.78 is 3.57. The van der Waals surface area contributed by atoms with E-state index in [1.54, 1.807) is 0 Å². The van der Waals surface area contributed by atoms with Crippen LogP contribution in [0.5, 0.6) is 0 Å². The fourth-order valence-electron chi connectivity index (χ4n) is 0.174. The molecule has 0 fully saturated rings. The van der Waals surface area contributed by atoms with Crippen molar-refractivity contribution in [2.45, 2.75) is 0 Å². The van der Waals surface area contributed by atoms with Crippen LogP contribution in [0.4, 0.5) is 0 Å². The number of hydrogen-bond acceptors (Lipinski definition) is 5. The summed E-state index contributed by atoms with van der Waals surface area (Å²) >= 11 is 0. The van der Waals surface area contributed by atoms with Crippen LogP contribution < -0.4 is 0 Å². The Bertz CT molecular complexity index is 138. The highest BCUT2D eigenvalue weighted by Crippen LogP contribution is 1.74. The van der Waals surface area contributed by atoms with Crippen LogP contribution in [0.2, 0.25) is 0 Å². The minimum atomic E-state index is -1.34. The monoisotopic (exact) mass is 132 g/mol. The van der Waals surface area contributed by atoms with Gasteiger partial charge in [-0.3, -0.25) is 9.59 Å². The number of rotatable bonds is 3. The lowest BCUT2D eigenvalue weighted by molar-refractivity contribution is -0.158. The minimum absolute atomic E-state index is 0.171. The summed E-state index contributed by atoms with van der Waals surface area (Å²) in [5.41, 5.74) is 0. The molecule has 0 aliphatic heterocycles. The fourth-order valence-corrected chi connectivity index (χ4v) is 0.174. The molecule has 0 aliphatic carbocycles. The third-order valence-electron chi connectivity index (χ3n) is 0.526. The van der Waals surface area contributed by atoms with Crippen molar-refractivity contribution in [1.82, 2.24) is 0 Å². The zero-order valence-electron chi connectivity index (χ0n) is 4.36. The summed E-state index contributed by atoms with van der Waals surface area (Å²) in [6.45, 7) is -1.11. The van der Waals surface area contributed by atoms with E-state index in [1.165, 1.54) is 0 Å². The van der Waals surface area contributed by atoms with Crippen LogP contribution >= 0.6 is 0 Å². The van der Waals surface area contributed by atoms with Gasteiger partial charge >= 0.3 is 12.4 Å². The number of Topliss-reactive ketones (excluding diaryl/α,β-unsaturated/α-hetero) is 1. The van der Waals surface area contributed by atoms with Crippen molar-refractivity contribution in [1.29, 1.82) is 0 Å². The number of carbonyl (C=O) groups excluding carboxylic acids is 3. The molecule has 0 atom stereocenters. The van der Waals surface area contributed by atoms with Crippen LogP contribution in [0.1, 0.15) is 0 Å². The summed E-state index contributed by atoms with van der Waals surface area (Å²) in [5.74, 6) is -2.48. The molecule has 1 N–H and O–H groups in total. The SMILES string of the molecule is O=COC(=O)C(=O)CO. The Morgan fingerprint density at radius 1 is 1.56 bits per heavy atom. The lowest BCUT2D eigenvalue weighted by atomic mass is 10.4. The molecule has 0 unspecified atom stereocenters. The Morgan fingerprint density at radius 2 is 2.11 bits per heavy atom. The van der Waals surface area contributed by atoms with Crippen molar-refractivity contribution in [3.05, 3.63) is 0 Å². The smallest absolute Gasteiger partial charge is 0.384 e. The molecule has 0 aromatic heterocycles. The van der Waals surface area contributed by atoms with E-state index in [-0.39, 0.29) is 6.47 Å². The Kier molecular flexibility index (Phi) is 3.22. The molecule has 0 amide bonds. The number of aliphatic hydroxyl groups is 1. The summed E-state index contributed by atoms with van der Waals surface area (Å²) in [6.07, 6.45) is 0. The van der Waals surface area contributed by atoms with Gasteiger partial charge in [0.05, 0.1) is 0 Å². The second-order valence-corrected chi connectivity index (χ2v) is 1.08. The number of aliphatic hydroxyl groups excluding tert-OH is 1. The van der Waals surface area contributed by atoms with E-state index in [2.05, 4.69) is 4.74 Å². The number of carbonyl (C=O) groups is 3. The van der Waals surface area contributed by atoms with Gasteiger partial charge in [0.25, 0.3) is 5.78 Å².